The fraction of sp³-hybridized carbons (Fsp3) is 0.312. The van der Waals surface area contributed by atoms with Crippen LogP contribution in [0.2, 0.25) is 0 Å². The van der Waals surface area contributed by atoms with Gasteiger partial charge in [-0.2, -0.15) is 0 Å². The van der Waals surface area contributed by atoms with Crippen LogP contribution >= 0.6 is 0 Å². The summed E-state index contributed by atoms with van der Waals surface area (Å²) in [6.45, 7) is 0. The Labute approximate surface area is 113 Å². The van der Waals surface area contributed by atoms with Gasteiger partial charge in [-0.3, -0.25) is 0 Å². The molecule has 0 saturated carbocycles. The molecule has 0 spiro atoms. The smallest absolute Gasteiger partial charge is 0.237 e. The van der Waals surface area contributed by atoms with E-state index in [-0.39, 0.29) is 0 Å². The monoisotopic (exact) mass is 254 g/mol. The molecule has 1 aromatic heterocycles. The van der Waals surface area contributed by atoms with Crippen LogP contribution < -0.4 is 10.1 Å². The SMILES string of the molecule is COc1ncccc1NC1CCc2ccccc2C1. The number of benzene rings is 1. The van der Waals surface area contributed by atoms with Gasteiger partial charge in [0.05, 0.1) is 12.8 Å². The molecule has 19 heavy (non-hydrogen) atoms. The molecule has 1 aromatic carbocycles. The summed E-state index contributed by atoms with van der Waals surface area (Å²) in [4.78, 5) is 4.22. The van der Waals surface area contributed by atoms with Crippen molar-refractivity contribution in [1.29, 1.82) is 0 Å². The number of nitrogens with one attached hydrogen (secondary N) is 1. The van der Waals surface area contributed by atoms with Crippen molar-refractivity contribution in [3.63, 3.8) is 0 Å². The number of fused-ring (bicyclic) bond motifs is 1. The molecule has 1 atom stereocenters. The third kappa shape index (κ3) is 2.55. The minimum atomic E-state index is 0.452. The zero-order valence-corrected chi connectivity index (χ0v) is 11.1. The normalized spacial score (nSPS) is 17.6. The van der Waals surface area contributed by atoms with Gasteiger partial charge in [-0.1, -0.05) is 24.3 Å². The lowest BCUT2D eigenvalue weighted by Gasteiger charge is -2.26. The molecule has 1 heterocycles. The molecule has 0 fully saturated rings. The Hall–Kier alpha value is -2.03. The summed E-state index contributed by atoms with van der Waals surface area (Å²) in [6, 6.07) is 13.1. The maximum absolute atomic E-state index is 5.28. The van der Waals surface area contributed by atoms with E-state index in [2.05, 4.69) is 34.6 Å². The van der Waals surface area contributed by atoms with E-state index in [1.807, 2.05) is 12.1 Å². The molecule has 1 unspecified atom stereocenters. The number of hydrogen-bond donors (Lipinski definition) is 1. The Kier molecular flexibility index (Phi) is 3.36. The lowest BCUT2D eigenvalue weighted by Crippen LogP contribution is -2.27. The van der Waals surface area contributed by atoms with Crippen molar-refractivity contribution >= 4 is 5.69 Å². The highest BCUT2D eigenvalue weighted by Gasteiger charge is 2.19. The lowest BCUT2D eigenvalue weighted by molar-refractivity contribution is 0.399. The van der Waals surface area contributed by atoms with Crippen LogP contribution in [0.5, 0.6) is 5.88 Å². The van der Waals surface area contributed by atoms with Crippen molar-refractivity contribution in [3.8, 4) is 5.88 Å². The zero-order chi connectivity index (χ0) is 13.1. The minimum absolute atomic E-state index is 0.452. The van der Waals surface area contributed by atoms with Crippen LogP contribution in [0, 0.1) is 0 Å². The van der Waals surface area contributed by atoms with E-state index in [9.17, 15) is 0 Å². The average Bonchev–Trinajstić information content (AvgIpc) is 2.48. The molecule has 3 nitrogen and oxygen atoms in total. The summed E-state index contributed by atoms with van der Waals surface area (Å²) in [6.07, 6.45) is 5.10. The Morgan fingerprint density at radius 2 is 2.00 bits per heavy atom. The van der Waals surface area contributed by atoms with Gasteiger partial charge in [0.2, 0.25) is 5.88 Å². The summed E-state index contributed by atoms with van der Waals surface area (Å²) in [5, 5.41) is 3.55. The number of rotatable bonds is 3. The van der Waals surface area contributed by atoms with Gasteiger partial charge in [0.15, 0.2) is 0 Å². The van der Waals surface area contributed by atoms with Crippen molar-refractivity contribution in [1.82, 2.24) is 4.98 Å². The highest BCUT2D eigenvalue weighted by atomic mass is 16.5. The van der Waals surface area contributed by atoms with Crippen molar-refractivity contribution < 1.29 is 4.74 Å². The van der Waals surface area contributed by atoms with E-state index in [0.29, 0.717) is 11.9 Å². The van der Waals surface area contributed by atoms with Crippen LogP contribution in [-0.2, 0) is 12.8 Å². The second kappa shape index (κ2) is 5.31. The van der Waals surface area contributed by atoms with Gasteiger partial charge in [0, 0.05) is 12.2 Å². The molecule has 3 heteroatoms. The number of aromatic nitrogens is 1. The molecule has 0 saturated heterocycles. The fourth-order valence-corrected chi connectivity index (χ4v) is 2.70. The summed E-state index contributed by atoms with van der Waals surface area (Å²) in [5.41, 5.74) is 3.92. The molecule has 1 N–H and O–H groups in total. The summed E-state index contributed by atoms with van der Waals surface area (Å²) in [5.74, 6) is 0.668. The van der Waals surface area contributed by atoms with Gasteiger partial charge in [-0.25, -0.2) is 4.98 Å². The Balaban J connectivity index is 1.75. The second-order valence-electron chi connectivity index (χ2n) is 4.91. The van der Waals surface area contributed by atoms with Crippen LogP contribution in [0.25, 0.3) is 0 Å². The van der Waals surface area contributed by atoms with Crippen LogP contribution in [0.3, 0.4) is 0 Å². The maximum Gasteiger partial charge on any atom is 0.237 e. The topological polar surface area (TPSA) is 34.1 Å². The molecule has 98 valence electrons. The van der Waals surface area contributed by atoms with Crippen LogP contribution in [0.1, 0.15) is 17.5 Å². The van der Waals surface area contributed by atoms with Crippen LogP contribution in [0.4, 0.5) is 5.69 Å². The molecular formula is C16H18N2O. The third-order valence-corrected chi connectivity index (χ3v) is 3.67. The number of pyridine rings is 1. The standard InChI is InChI=1S/C16H18N2O/c1-19-16-15(7-4-10-17-16)18-14-9-8-12-5-2-3-6-13(12)11-14/h2-7,10,14,18H,8-9,11H2,1H3. The van der Waals surface area contributed by atoms with Gasteiger partial charge in [-0.15, -0.1) is 0 Å². The first-order valence-corrected chi connectivity index (χ1v) is 6.69. The van der Waals surface area contributed by atoms with Crippen molar-refractivity contribution in [2.75, 3.05) is 12.4 Å². The Morgan fingerprint density at radius 1 is 1.16 bits per heavy atom. The van der Waals surface area contributed by atoms with Crippen molar-refractivity contribution in [2.45, 2.75) is 25.3 Å². The van der Waals surface area contributed by atoms with E-state index in [1.54, 1.807) is 13.3 Å². The number of methoxy groups -OCH3 is 1. The van der Waals surface area contributed by atoms with Crippen molar-refractivity contribution in [2.24, 2.45) is 0 Å². The van der Waals surface area contributed by atoms with Gasteiger partial charge in [0.25, 0.3) is 0 Å². The highest BCUT2D eigenvalue weighted by molar-refractivity contribution is 5.53. The highest BCUT2D eigenvalue weighted by Crippen LogP contribution is 2.26. The van der Waals surface area contributed by atoms with Gasteiger partial charge in [0.1, 0.15) is 0 Å². The maximum atomic E-state index is 5.28. The van der Waals surface area contributed by atoms with Crippen LogP contribution in [0.15, 0.2) is 42.6 Å². The lowest BCUT2D eigenvalue weighted by atomic mass is 9.88. The third-order valence-electron chi connectivity index (χ3n) is 3.67. The number of aryl methyl sites for hydroxylation is 1. The largest absolute Gasteiger partial charge is 0.480 e. The predicted molar refractivity (Wildman–Crippen MR) is 76.7 cm³/mol. The number of anilines is 1. The molecule has 0 radical (unpaired) electrons. The van der Waals surface area contributed by atoms with Gasteiger partial charge in [-0.05, 0) is 42.5 Å². The number of hydrogen-bond acceptors (Lipinski definition) is 3. The van der Waals surface area contributed by atoms with Crippen molar-refractivity contribution in [3.05, 3.63) is 53.7 Å². The van der Waals surface area contributed by atoms with Gasteiger partial charge < -0.3 is 10.1 Å². The molecule has 2 aromatic rings. The molecule has 3 rings (SSSR count). The molecular weight excluding hydrogens is 236 g/mol. The number of ether oxygens (including phenoxy) is 1. The van der Waals surface area contributed by atoms with E-state index in [4.69, 9.17) is 4.74 Å². The summed E-state index contributed by atoms with van der Waals surface area (Å²) < 4.78 is 5.28. The van der Waals surface area contributed by atoms with E-state index < -0.39 is 0 Å². The molecule has 0 aliphatic heterocycles. The van der Waals surface area contributed by atoms with Crippen LogP contribution in [-0.4, -0.2) is 18.1 Å². The number of nitrogens with zero attached hydrogens (tertiary/aromatic N) is 1. The predicted octanol–water partition coefficient (Wildman–Crippen LogP) is 3.06. The summed E-state index contributed by atoms with van der Waals surface area (Å²) in [7, 11) is 1.66. The minimum Gasteiger partial charge on any atom is -0.480 e. The fourth-order valence-electron chi connectivity index (χ4n) is 2.70. The van der Waals surface area contributed by atoms with E-state index in [0.717, 1.165) is 24.9 Å². The Morgan fingerprint density at radius 3 is 2.84 bits per heavy atom. The Bertz CT molecular complexity index is 568. The molecule has 0 amide bonds. The molecule has 1 aliphatic rings. The first-order valence-electron chi connectivity index (χ1n) is 6.69. The quantitative estimate of drug-likeness (QED) is 0.914. The van der Waals surface area contributed by atoms with Gasteiger partial charge >= 0.3 is 0 Å². The summed E-state index contributed by atoms with van der Waals surface area (Å²) >= 11 is 0. The van der Waals surface area contributed by atoms with E-state index in [1.165, 1.54) is 11.1 Å². The first-order chi connectivity index (χ1) is 9.36. The first kappa shape index (κ1) is 12.0. The molecule has 0 bridgehead atoms. The van der Waals surface area contributed by atoms with E-state index >= 15 is 0 Å². The average molecular weight is 254 g/mol. The molecule has 1 aliphatic carbocycles. The second-order valence-corrected chi connectivity index (χ2v) is 4.91. The zero-order valence-electron chi connectivity index (χ0n) is 11.1.